The molecule has 1 heterocycles. The van der Waals surface area contributed by atoms with Gasteiger partial charge in [0.25, 0.3) is 15.9 Å². The fraction of sp³-hybridized carbons (Fsp3) is 0.459. The molecule has 1 aliphatic rings. The monoisotopic (exact) mass is 695 g/mol. The highest BCUT2D eigenvalue weighted by molar-refractivity contribution is 7.92. The third-order valence-corrected chi connectivity index (χ3v) is 10.2. The van der Waals surface area contributed by atoms with Crippen molar-refractivity contribution in [3.8, 4) is 5.75 Å². The van der Waals surface area contributed by atoms with Crippen LogP contribution in [0.25, 0.3) is 0 Å². The predicted octanol–water partition coefficient (Wildman–Crippen LogP) is 5.42. The van der Waals surface area contributed by atoms with Crippen molar-refractivity contribution in [3.63, 3.8) is 0 Å². The van der Waals surface area contributed by atoms with Crippen LogP contribution >= 0.6 is 0 Å². The zero-order valence-electron chi connectivity index (χ0n) is 29.0. The number of carboxylic acid groups (broad SMARTS) is 1. The number of aliphatic hydroxyl groups is 1. The Labute approximate surface area is 289 Å². The van der Waals surface area contributed by atoms with E-state index in [1.807, 2.05) is 27.8 Å². The molecule has 0 saturated carbocycles. The van der Waals surface area contributed by atoms with Gasteiger partial charge < -0.3 is 24.6 Å². The first-order chi connectivity index (χ1) is 23.3. The van der Waals surface area contributed by atoms with Crippen molar-refractivity contribution in [3.05, 3.63) is 89.0 Å². The molecule has 266 valence electrons. The molecule has 3 aromatic carbocycles. The Kier molecular flexibility index (Phi) is 13.2. The molecule has 0 radical (unpaired) electrons. The quantitative estimate of drug-likeness (QED) is 0.253. The zero-order chi connectivity index (χ0) is 35.7. The van der Waals surface area contributed by atoms with Crippen molar-refractivity contribution in [2.24, 2.45) is 5.92 Å². The number of likely N-dealkylation sites (N-methyl/N-ethyl adjacent to an activating group) is 1. The van der Waals surface area contributed by atoms with Gasteiger partial charge in [0.2, 0.25) is 0 Å². The lowest BCUT2D eigenvalue weighted by molar-refractivity contribution is -0.0177. The lowest BCUT2D eigenvalue weighted by atomic mass is 10.0. The van der Waals surface area contributed by atoms with Gasteiger partial charge in [0.15, 0.2) is 0 Å². The summed E-state index contributed by atoms with van der Waals surface area (Å²) in [6.45, 7) is 9.25. The first kappa shape index (κ1) is 37.8. The molecular formula is C37H49N3O8S. The predicted molar refractivity (Wildman–Crippen MR) is 189 cm³/mol. The summed E-state index contributed by atoms with van der Waals surface area (Å²) >= 11 is 0. The summed E-state index contributed by atoms with van der Waals surface area (Å²) in [5.74, 6) is -1.17. The Hall–Kier alpha value is -3.97. The smallest absolute Gasteiger partial charge is 0.335 e. The van der Waals surface area contributed by atoms with Crippen LogP contribution in [-0.2, 0) is 21.3 Å². The van der Waals surface area contributed by atoms with Crippen LogP contribution in [0.5, 0.6) is 5.75 Å². The maximum Gasteiger partial charge on any atom is 0.335 e. The molecule has 0 bridgehead atoms. The van der Waals surface area contributed by atoms with Gasteiger partial charge in [-0.25, -0.2) is 13.2 Å². The third kappa shape index (κ3) is 10.5. The van der Waals surface area contributed by atoms with Crippen molar-refractivity contribution in [1.29, 1.82) is 0 Å². The minimum absolute atomic E-state index is 0.104. The summed E-state index contributed by atoms with van der Waals surface area (Å²) in [5.41, 5.74) is 2.54. The van der Waals surface area contributed by atoms with E-state index in [2.05, 4.69) is 9.62 Å². The van der Waals surface area contributed by atoms with Gasteiger partial charge in [0, 0.05) is 37.8 Å². The molecule has 3 aromatic rings. The van der Waals surface area contributed by atoms with E-state index < -0.39 is 27.9 Å². The van der Waals surface area contributed by atoms with Gasteiger partial charge in [-0.1, -0.05) is 36.8 Å². The molecule has 11 nitrogen and oxygen atoms in total. The lowest BCUT2D eigenvalue weighted by Crippen LogP contribution is -2.47. The van der Waals surface area contributed by atoms with E-state index in [0.29, 0.717) is 25.4 Å². The number of aromatic carboxylic acids is 1. The minimum Gasteiger partial charge on any atom is -0.490 e. The first-order valence-electron chi connectivity index (χ1n) is 16.7. The van der Waals surface area contributed by atoms with Crippen LogP contribution in [0.1, 0.15) is 71.9 Å². The number of sulfonamides is 1. The van der Waals surface area contributed by atoms with E-state index in [4.69, 9.17) is 9.47 Å². The second kappa shape index (κ2) is 17.1. The molecule has 0 spiro atoms. The number of rotatable bonds is 10. The number of aryl methyl sites for hydroxylation is 1. The molecule has 0 aromatic heterocycles. The molecule has 1 amide bonds. The summed E-state index contributed by atoms with van der Waals surface area (Å²) in [5, 5.41) is 19.5. The summed E-state index contributed by atoms with van der Waals surface area (Å²) in [7, 11) is -1.96. The van der Waals surface area contributed by atoms with Crippen LogP contribution in [0.2, 0.25) is 0 Å². The number of nitrogens with one attached hydrogen (secondary N) is 1. The minimum atomic E-state index is -3.93. The Morgan fingerprint density at radius 1 is 1.06 bits per heavy atom. The molecule has 12 heteroatoms. The zero-order valence-corrected chi connectivity index (χ0v) is 29.8. The number of anilines is 1. The maximum absolute atomic E-state index is 14.4. The van der Waals surface area contributed by atoms with Crippen molar-refractivity contribution >= 4 is 27.6 Å². The molecule has 0 unspecified atom stereocenters. The summed E-state index contributed by atoms with van der Waals surface area (Å²) in [6, 6.07) is 17.5. The van der Waals surface area contributed by atoms with E-state index in [1.54, 1.807) is 60.4 Å². The van der Waals surface area contributed by atoms with Crippen molar-refractivity contribution in [2.75, 3.05) is 38.1 Å². The summed E-state index contributed by atoms with van der Waals surface area (Å²) in [4.78, 5) is 29.5. The van der Waals surface area contributed by atoms with Crippen LogP contribution < -0.4 is 9.46 Å². The van der Waals surface area contributed by atoms with E-state index in [0.717, 1.165) is 30.4 Å². The van der Waals surface area contributed by atoms with Crippen LogP contribution in [0.4, 0.5) is 5.69 Å². The SMILES string of the molecule is Cc1ccc(S(=O)(=O)Nc2ccc3c(c2)C(=O)N([C@H](C)CO)C[C@H](C)[C@@H](CN(C)Cc2ccc(C(=O)O)cc2)OCCCC[C@H](C)O3)cc1. The van der Waals surface area contributed by atoms with Gasteiger partial charge >= 0.3 is 5.97 Å². The number of ether oxygens (including phenoxy) is 2. The molecule has 0 aliphatic carbocycles. The molecule has 0 fully saturated rings. The summed E-state index contributed by atoms with van der Waals surface area (Å²) < 4.78 is 41.8. The molecule has 1 aliphatic heterocycles. The van der Waals surface area contributed by atoms with Gasteiger partial charge in [-0.05, 0) is 95.1 Å². The Bertz CT molecular complexity index is 1660. The average Bonchev–Trinajstić information content (AvgIpc) is 3.06. The number of hydrogen-bond donors (Lipinski definition) is 3. The normalized spacial score (nSPS) is 20.2. The number of benzene rings is 3. The van der Waals surface area contributed by atoms with E-state index in [1.165, 1.54) is 18.2 Å². The molecule has 49 heavy (non-hydrogen) atoms. The highest BCUT2D eigenvalue weighted by Gasteiger charge is 2.31. The fourth-order valence-electron chi connectivity index (χ4n) is 5.82. The summed E-state index contributed by atoms with van der Waals surface area (Å²) in [6.07, 6.45) is 1.91. The van der Waals surface area contributed by atoms with E-state index in [-0.39, 0.29) is 53.0 Å². The number of aliphatic hydroxyl groups excluding tert-OH is 1. The fourth-order valence-corrected chi connectivity index (χ4v) is 6.87. The van der Waals surface area contributed by atoms with Crippen LogP contribution in [0.15, 0.2) is 71.6 Å². The third-order valence-electron chi connectivity index (χ3n) is 8.78. The van der Waals surface area contributed by atoms with Crippen molar-refractivity contribution in [1.82, 2.24) is 9.80 Å². The highest BCUT2D eigenvalue weighted by Crippen LogP contribution is 2.29. The second-order valence-electron chi connectivity index (χ2n) is 13.1. The lowest BCUT2D eigenvalue weighted by Gasteiger charge is -2.36. The molecule has 0 saturated heterocycles. The van der Waals surface area contributed by atoms with E-state index in [9.17, 15) is 28.2 Å². The van der Waals surface area contributed by atoms with Gasteiger partial charge in [0.1, 0.15) is 5.75 Å². The number of hydrogen-bond acceptors (Lipinski definition) is 8. The number of carbonyl (C=O) groups excluding carboxylic acids is 1. The number of nitrogens with zero attached hydrogens (tertiary/aromatic N) is 2. The van der Waals surface area contributed by atoms with Crippen molar-refractivity contribution in [2.45, 2.75) is 76.6 Å². The first-order valence-corrected chi connectivity index (χ1v) is 18.2. The Morgan fingerprint density at radius 2 is 1.76 bits per heavy atom. The molecular weight excluding hydrogens is 646 g/mol. The topological polar surface area (TPSA) is 146 Å². The average molecular weight is 696 g/mol. The standard InChI is InChI=1S/C37H49N3O8S/c1-25-9-16-32(17-10-25)49(45,46)38-31-15-18-34-33(20-31)36(42)40(27(3)24-41)21-26(2)35(47-19-7-6-8-28(4)48-34)23-39(5)22-29-11-13-30(14-12-29)37(43)44/h9-18,20,26-28,35,38,41H,6-8,19,21-24H2,1-5H3,(H,43,44)/t26-,27+,28-,35+/m0/s1. The highest BCUT2D eigenvalue weighted by atomic mass is 32.2. The van der Waals surface area contributed by atoms with Crippen LogP contribution in [0.3, 0.4) is 0 Å². The number of amides is 1. The van der Waals surface area contributed by atoms with Crippen molar-refractivity contribution < 1.29 is 37.7 Å². The molecule has 4 rings (SSSR count). The molecule has 3 N–H and O–H groups in total. The number of carbonyl (C=O) groups is 2. The van der Waals surface area contributed by atoms with Crippen LogP contribution in [0, 0.1) is 12.8 Å². The second-order valence-corrected chi connectivity index (χ2v) is 14.8. The number of carboxylic acids is 1. The Balaban J connectivity index is 1.62. The maximum atomic E-state index is 14.4. The largest absolute Gasteiger partial charge is 0.490 e. The van der Waals surface area contributed by atoms with Gasteiger partial charge in [-0.15, -0.1) is 0 Å². The van der Waals surface area contributed by atoms with Gasteiger partial charge in [-0.2, -0.15) is 0 Å². The molecule has 4 atom stereocenters. The van der Waals surface area contributed by atoms with Gasteiger partial charge in [0.05, 0.1) is 40.9 Å². The number of fused-ring (bicyclic) bond motifs is 1. The Morgan fingerprint density at radius 3 is 2.41 bits per heavy atom. The van der Waals surface area contributed by atoms with E-state index >= 15 is 0 Å². The van der Waals surface area contributed by atoms with Crippen LogP contribution in [-0.4, -0.2) is 91.9 Å². The van der Waals surface area contributed by atoms with Gasteiger partial charge in [-0.3, -0.25) is 14.4 Å².